The molecule has 1 atom stereocenters. The maximum absolute atomic E-state index is 12.2. The van der Waals surface area contributed by atoms with E-state index in [4.69, 9.17) is 5.73 Å². The molecule has 0 aromatic carbocycles. The number of amides is 1. The standard InChI is InChI=1S/C12H18N4O3/c1-8(11(17)15-5-3-4-6-15)16-7-9(13)10(14-16)12(18)19-2/h7-8H,3-6,13H2,1-2H3. The van der Waals surface area contributed by atoms with Gasteiger partial charge in [0.25, 0.3) is 0 Å². The number of aromatic nitrogens is 2. The molecule has 0 aliphatic carbocycles. The van der Waals surface area contributed by atoms with Gasteiger partial charge in [-0.15, -0.1) is 0 Å². The van der Waals surface area contributed by atoms with Crippen molar-refractivity contribution in [3.05, 3.63) is 11.9 Å². The van der Waals surface area contributed by atoms with Crippen molar-refractivity contribution in [3.8, 4) is 0 Å². The molecule has 1 fully saturated rings. The minimum Gasteiger partial charge on any atom is -0.464 e. The Balaban J connectivity index is 2.17. The molecule has 1 unspecified atom stereocenters. The van der Waals surface area contributed by atoms with Gasteiger partial charge in [0.05, 0.1) is 12.8 Å². The van der Waals surface area contributed by atoms with Gasteiger partial charge in [-0.3, -0.25) is 9.48 Å². The highest BCUT2D eigenvalue weighted by Crippen LogP contribution is 2.18. The number of carbonyl (C=O) groups is 2. The van der Waals surface area contributed by atoms with Crippen LogP contribution in [-0.2, 0) is 9.53 Å². The van der Waals surface area contributed by atoms with Crippen molar-refractivity contribution in [3.63, 3.8) is 0 Å². The Morgan fingerprint density at radius 3 is 2.63 bits per heavy atom. The van der Waals surface area contributed by atoms with Crippen LogP contribution in [0.3, 0.4) is 0 Å². The van der Waals surface area contributed by atoms with Crippen molar-refractivity contribution in [1.29, 1.82) is 0 Å². The van der Waals surface area contributed by atoms with E-state index in [0.29, 0.717) is 0 Å². The lowest BCUT2D eigenvalue weighted by molar-refractivity contribution is -0.133. The third-order valence-electron chi connectivity index (χ3n) is 3.31. The highest BCUT2D eigenvalue weighted by Gasteiger charge is 2.26. The molecule has 0 bridgehead atoms. The van der Waals surface area contributed by atoms with Gasteiger partial charge >= 0.3 is 5.97 Å². The van der Waals surface area contributed by atoms with Crippen LogP contribution >= 0.6 is 0 Å². The molecule has 19 heavy (non-hydrogen) atoms. The Morgan fingerprint density at radius 1 is 1.42 bits per heavy atom. The van der Waals surface area contributed by atoms with Crippen molar-refractivity contribution < 1.29 is 14.3 Å². The number of anilines is 1. The molecule has 7 heteroatoms. The number of nitrogens with zero attached hydrogens (tertiary/aromatic N) is 3. The van der Waals surface area contributed by atoms with Crippen LogP contribution in [0.25, 0.3) is 0 Å². The first kappa shape index (κ1) is 13.4. The number of nitrogens with two attached hydrogens (primary N) is 1. The summed E-state index contributed by atoms with van der Waals surface area (Å²) in [4.78, 5) is 25.4. The van der Waals surface area contributed by atoms with Crippen LogP contribution in [0.2, 0.25) is 0 Å². The molecule has 0 radical (unpaired) electrons. The summed E-state index contributed by atoms with van der Waals surface area (Å²) in [7, 11) is 1.26. The number of ether oxygens (including phenoxy) is 1. The van der Waals surface area contributed by atoms with Gasteiger partial charge in [0, 0.05) is 19.3 Å². The van der Waals surface area contributed by atoms with Crippen LogP contribution < -0.4 is 5.73 Å². The summed E-state index contributed by atoms with van der Waals surface area (Å²) in [5.41, 5.74) is 5.96. The van der Waals surface area contributed by atoms with Crippen molar-refractivity contribution in [2.75, 3.05) is 25.9 Å². The molecule has 0 saturated carbocycles. The molecular weight excluding hydrogens is 248 g/mol. The summed E-state index contributed by atoms with van der Waals surface area (Å²) < 4.78 is 6.00. The van der Waals surface area contributed by atoms with E-state index in [2.05, 4.69) is 9.84 Å². The third-order valence-corrected chi connectivity index (χ3v) is 3.31. The predicted octanol–water partition coefficient (Wildman–Crippen LogP) is 0.435. The van der Waals surface area contributed by atoms with E-state index in [1.165, 1.54) is 18.0 Å². The Hall–Kier alpha value is -2.05. The molecular formula is C12H18N4O3. The highest BCUT2D eigenvalue weighted by molar-refractivity contribution is 5.92. The molecule has 1 aliphatic rings. The first-order chi connectivity index (χ1) is 9.04. The van der Waals surface area contributed by atoms with Gasteiger partial charge in [0.2, 0.25) is 5.91 Å². The Kier molecular flexibility index (Phi) is 3.73. The Labute approximate surface area is 111 Å². The van der Waals surface area contributed by atoms with Crippen LogP contribution in [-0.4, -0.2) is 46.8 Å². The highest BCUT2D eigenvalue weighted by atomic mass is 16.5. The zero-order valence-electron chi connectivity index (χ0n) is 11.1. The monoisotopic (exact) mass is 266 g/mol. The molecule has 1 saturated heterocycles. The average Bonchev–Trinajstić information content (AvgIpc) is 3.05. The summed E-state index contributed by atoms with van der Waals surface area (Å²) in [5.74, 6) is -0.603. The number of rotatable bonds is 3. The Morgan fingerprint density at radius 2 is 2.05 bits per heavy atom. The van der Waals surface area contributed by atoms with E-state index in [-0.39, 0.29) is 17.3 Å². The minimum atomic E-state index is -0.600. The number of methoxy groups -OCH3 is 1. The van der Waals surface area contributed by atoms with Gasteiger partial charge in [-0.05, 0) is 19.8 Å². The number of nitrogen functional groups attached to an aromatic ring is 1. The first-order valence-corrected chi connectivity index (χ1v) is 6.26. The number of hydrogen-bond acceptors (Lipinski definition) is 5. The van der Waals surface area contributed by atoms with Gasteiger partial charge in [0.1, 0.15) is 6.04 Å². The molecule has 1 aromatic rings. The number of likely N-dealkylation sites (tertiary alicyclic amines) is 1. The summed E-state index contributed by atoms with van der Waals surface area (Å²) in [6.07, 6.45) is 3.56. The first-order valence-electron chi connectivity index (χ1n) is 6.26. The average molecular weight is 266 g/mol. The number of hydrogen-bond donors (Lipinski definition) is 1. The van der Waals surface area contributed by atoms with Crippen LogP contribution in [0.1, 0.15) is 36.3 Å². The lowest BCUT2D eigenvalue weighted by Crippen LogP contribution is -2.34. The normalized spacial score (nSPS) is 16.4. The largest absolute Gasteiger partial charge is 0.464 e. The number of carbonyl (C=O) groups excluding carboxylic acids is 2. The molecule has 1 aromatic heterocycles. The molecule has 2 rings (SSSR count). The second-order valence-electron chi connectivity index (χ2n) is 4.61. The summed E-state index contributed by atoms with van der Waals surface area (Å²) in [5, 5.41) is 4.04. The van der Waals surface area contributed by atoms with Gasteiger partial charge in [-0.1, -0.05) is 0 Å². The van der Waals surface area contributed by atoms with Crippen molar-refractivity contribution >= 4 is 17.6 Å². The molecule has 7 nitrogen and oxygen atoms in total. The summed E-state index contributed by atoms with van der Waals surface area (Å²) >= 11 is 0. The fraction of sp³-hybridized carbons (Fsp3) is 0.583. The summed E-state index contributed by atoms with van der Waals surface area (Å²) in [6.45, 7) is 3.31. The molecule has 2 heterocycles. The van der Waals surface area contributed by atoms with Gasteiger partial charge < -0.3 is 15.4 Å². The van der Waals surface area contributed by atoms with E-state index in [1.54, 1.807) is 11.8 Å². The molecule has 2 N–H and O–H groups in total. The lowest BCUT2D eigenvalue weighted by atomic mass is 10.3. The predicted molar refractivity (Wildman–Crippen MR) is 68.5 cm³/mol. The zero-order valence-corrected chi connectivity index (χ0v) is 11.1. The van der Waals surface area contributed by atoms with E-state index in [0.717, 1.165) is 25.9 Å². The fourth-order valence-electron chi connectivity index (χ4n) is 2.17. The fourth-order valence-corrected chi connectivity index (χ4v) is 2.17. The zero-order chi connectivity index (χ0) is 14.0. The van der Waals surface area contributed by atoms with Crippen LogP contribution in [0.5, 0.6) is 0 Å². The van der Waals surface area contributed by atoms with Gasteiger partial charge in [-0.25, -0.2) is 4.79 Å². The maximum Gasteiger partial charge on any atom is 0.360 e. The minimum absolute atomic E-state index is 0.00332. The topological polar surface area (TPSA) is 90.4 Å². The van der Waals surface area contributed by atoms with Crippen molar-refractivity contribution in [2.45, 2.75) is 25.8 Å². The van der Waals surface area contributed by atoms with Gasteiger partial charge in [0.15, 0.2) is 5.69 Å². The van der Waals surface area contributed by atoms with Crippen molar-refractivity contribution in [2.24, 2.45) is 0 Å². The molecule has 0 spiro atoms. The van der Waals surface area contributed by atoms with E-state index < -0.39 is 12.0 Å². The number of esters is 1. The van der Waals surface area contributed by atoms with Crippen molar-refractivity contribution in [1.82, 2.24) is 14.7 Å². The van der Waals surface area contributed by atoms with E-state index >= 15 is 0 Å². The van der Waals surface area contributed by atoms with Crippen LogP contribution in [0, 0.1) is 0 Å². The maximum atomic E-state index is 12.2. The Bertz CT molecular complexity index is 491. The second-order valence-corrected chi connectivity index (χ2v) is 4.61. The lowest BCUT2D eigenvalue weighted by Gasteiger charge is -2.20. The molecule has 1 aliphatic heterocycles. The molecule has 1 amide bonds. The smallest absolute Gasteiger partial charge is 0.360 e. The molecule has 104 valence electrons. The third kappa shape index (κ3) is 2.54. The van der Waals surface area contributed by atoms with E-state index in [9.17, 15) is 9.59 Å². The summed E-state index contributed by atoms with van der Waals surface area (Å²) in [6, 6.07) is -0.473. The van der Waals surface area contributed by atoms with Crippen LogP contribution in [0.15, 0.2) is 6.20 Å². The van der Waals surface area contributed by atoms with Crippen LogP contribution in [0.4, 0.5) is 5.69 Å². The second kappa shape index (κ2) is 5.29. The quantitative estimate of drug-likeness (QED) is 0.801. The SMILES string of the molecule is COC(=O)c1nn(C(C)C(=O)N2CCCC2)cc1N. The van der Waals surface area contributed by atoms with E-state index in [1.807, 2.05) is 0 Å². The van der Waals surface area contributed by atoms with Gasteiger partial charge in [-0.2, -0.15) is 5.10 Å².